The summed E-state index contributed by atoms with van der Waals surface area (Å²) < 4.78 is 8.93. The molecule has 1 aliphatic heterocycles. The topological polar surface area (TPSA) is 87.2 Å². The summed E-state index contributed by atoms with van der Waals surface area (Å²) in [5.74, 6) is 0.981. The lowest BCUT2D eigenvalue weighted by Gasteiger charge is -2.12. The average molecular weight is 348 g/mol. The van der Waals surface area contributed by atoms with Crippen molar-refractivity contribution in [2.24, 2.45) is 0 Å². The number of nitrogens with zero attached hydrogens (tertiary/aromatic N) is 6. The second-order valence-corrected chi connectivity index (χ2v) is 6.35. The van der Waals surface area contributed by atoms with E-state index in [2.05, 4.69) is 20.1 Å². The van der Waals surface area contributed by atoms with Crippen LogP contribution in [0, 0.1) is 0 Å². The van der Waals surface area contributed by atoms with Gasteiger partial charge in [-0.15, -0.1) is 5.10 Å². The summed E-state index contributed by atoms with van der Waals surface area (Å²) in [5, 5.41) is 5.03. The molecular formula is C18H16N6O2. The molecule has 130 valence electrons. The van der Waals surface area contributed by atoms with E-state index in [9.17, 15) is 4.79 Å². The maximum Gasteiger partial charge on any atom is 0.261 e. The standard InChI is InChI=1S/C18H16N6O2/c25-17-14-10-20-18-21-16(12-3-1-6-19-9-12)22-24(18)15(14)5-7-23(17)11-13-4-2-8-26-13/h1,3,5-7,9-10,13H,2,4,8,11H2. The van der Waals surface area contributed by atoms with Crippen LogP contribution in [0.3, 0.4) is 0 Å². The molecule has 1 fully saturated rings. The number of hydrogen-bond acceptors (Lipinski definition) is 6. The zero-order chi connectivity index (χ0) is 17.5. The van der Waals surface area contributed by atoms with E-state index >= 15 is 0 Å². The van der Waals surface area contributed by atoms with Crippen LogP contribution in [0.2, 0.25) is 0 Å². The average Bonchev–Trinajstić information content (AvgIpc) is 3.34. The number of fused-ring (bicyclic) bond motifs is 3. The van der Waals surface area contributed by atoms with Crippen molar-refractivity contribution in [1.82, 2.24) is 29.1 Å². The molecule has 4 aromatic heterocycles. The van der Waals surface area contributed by atoms with Crippen LogP contribution >= 0.6 is 0 Å². The van der Waals surface area contributed by atoms with Gasteiger partial charge >= 0.3 is 0 Å². The van der Waals surface area contributed by atoms with Crippen molar-refractivity contribution in [3.63, 3.8) is 0 Å². The Hall–Kier alpha value is -3.13. The zero-order valence-electron chi connectivity index (χ0n) is 13.9. The Morgan fingerprint density at radius 2 is 2.23 bits per heavy atom. The predicted octanol–water partition coefficient (Wildman–Crippen LogP) is 1.68. The second kappa shape index (κ2) is 5.99. The second-order valence-electron chi connectivity index (χ2n) is 6.35. The van der Waals surface area contributed by atoms with E-state index < -0.39 is 0 Å². The minimum Gasteiger partial charge on any atom is -0.376 e. The van der Waals surface area contributed by atoms with Crippen molar-refractivity contribution < 1.29 is 4.74 Å². The molecule has 5 heterocycles. The Morgan fingerprint density at radius 3 is 3.04 bits per heavy atom. The van der Waals surface area contributed by atoms with Crippen molar-refractivity contribution >= 4 is 16.7 Å². The van der Waals surface area contributed by atoms with Gasteiger partial charge in [-0.3, -0.25) is 9.78 Å². The van der Waals surface area contributed by atoms with E-state index in [1.807, 2.05) is 18.2 Å². The number of hydrogen-bond donors (Lipinski definition) is 0. The van der Waals surface area contributed by atoms with Crippen molar-refractivity contribution in [3.05, 3.63) is 53.3 Å². The van der Waals surface area contributed by atoms with Gasteiger partial charge in [-0.1, -0.05) is 0 Å². The maximum atomic E-state index is 12.8. The Kier molecular flexibility index (Phi) is 3.49. The van der Waals surface area contributed by atoms with Crippen LogP contribution in [0.25, 0.3) is 28.1 Å². The van der Waals surface area contributed by atoms with E-state index in [-0.39, 0.29) is 11.7 Å². The number of rotatable bonds is 3. The minimum atomic E-state index is -0.0918. The first-order valence-corrected chi connectivity index (χ1v) is 8.56. The molecule has 0 aromatic carbocycles. The molecule has 0 spiro atoms. The lowest BCUT2D eigenvalue weighted by molar-refractivity contribution is 0.0963. The monoisotopic (exact) mass is 348 g/mol. The van der Waals surface area contributed by atoms with E-state index in [4.69, 9.17) is 4.74 Å². The van der Waals surface area contributed by atoms with Gasteiger partial charge in [0.05, 0.1) is 23.6 Å². The highest BCUT2D eigenvalue weighted by atomic mass is 16.5. The largest absolute Gasteiger partial charge is 0.376 e. The molecule has 4 aromatic rings. The summed E-state index contributed by atoms with van der Waals surface area (Å²) in [5.41, 5.74) is 1.40. The van der Waals surface area contributed by atoms with Crippen LogP contribution < -0.4 is 5.56 Å². The minimum absolute atomic E-state index is 0.0918. The summed E-state index contributed by atoms with van der Waals surface area (Å²) in [6, 6.07) is 5.59. The van der Waals surface area contributed by atoms with Gasteiger partial charge < -0.3 is 9.30 Å². The van der Waals surface area contributed by atoms with Gasteiger partial charge in [-0.05, 0) is 31.0 Å². The van der Waals surface area contributed by atoms with E-state index in [1.165, 1.54) is 0 Å². The molecule has 0 amide bonds. The van der Waals surface area contributed by atoms with Crippen molar-refractivity contribution in [2.45, 2.75) is 25.5 Å². The van der Waals surface area contributed by atoms with Gasteiger partial charge in [-0.2, -0.15) is 9.50 Å². The zero-order valence-corrected chi connectivity index (χ0v) is 13.9. The van der Waals surface area contributed by atoms with Crippen LogP contribution in [0.1, 0.15) is 12.8 Å². The molecule has 0 N–H and O–H groups in total. The van der Waals surface area contributed by atoms with Gasteiger partial charge in [0.1, 0.15) is 0 Å². The van der Waals surface area contributed by atoms with Crippen molar-refractivity contribution in [3.8, 4) is 11.4 Å². The first-order valence-electron chi connectivity index (χ1n) is 8.56. The van der Waals surface area contributed by atoms with Gasteiger partial charge in [0, 0.05) is 37.0 Å². The third-order valence-electron chi connectivity index (χ3n) is 4.65. The Bertz CT molecular complexity index is 1140. The SMILES string of the molecule is O=c1c2cnc3nc(-c4cccnc4)nn3c2ccn1CC1CCCO1. The maximum absolute atomic E-state index is 12.8. The van der Waals surface area contributed by atoms with Gasteiger partial charge in [0.25, 0.3) is 11.3 Å². The van der Waals surface area contributed by atoms with Crippen LogP contribution in [0.15, 0.2) is 47.8 Å². The lowest BCUT2D eigenvalue weighted by Crippen LogP contribution is -2.26. The van der Waals surface area contributed by atoms with Gasteiger partial charge in [0.2, 0.25) is 0 Å². The molecule has 0 saturated carbocycles. The Balaban J connectivity index is 1.62. The molecule has 0 bridgehead atoms. The Labute approximate surface area is 148 Å². The van der Waals surface area contributed by atoms with E-state index in [0.717, 1.165) is 25.0 Å². The molecule has 8 nitrogen and oxygen atoms in total. The highest BCUT2D eigenvalue weighted by Gasteiger charge is 2.18. The first-order chi connectivity index (χ1) is 12.8. The summed E-state index contributed by atoms with van der Waals surface area (Å²) >= 11 is 0. The molecule has 5 rings (SSSR count). The van der Waals surface area contributed by atoms with Crippen molar-refractivity contribution in [2.75, 3.05) is 6.61 Å². The summed E-state index contributed by atoms with van der Waals surface area (Å²) in [6.07, 6.45) is 8.89. The van der Waals surface area contributed by atoms with Gasteiger partial charge in [0.15, 0.2) is 5.82 Å². The molecule has 1 atom stereocenters. The summed E-state index contributed by atoms with van der Waals surface area (Å²) in [6.45, 7) is 1.33. The molecule has 8 heteroatoms. The molecule has 1 aliphatic rings. The Morgan fingerprint density at radius 1 is 1.27 bits per heavy atom. The fraction of sp³-hybridized carbons (Fsp3) is 0.278. The molecular weight excluding hydrogens is 332 g/mol. The fourth-order valence-corrected chi connectivity index (χ4v) is 3.33. The molecule has 1 unspecified atom stereocenters. The third-order valence-corrected chi connectivity index (χ3v) is 4.65. The lowest BCUT2D eigenvalue weighted by atomic mass is 10.2. The molecule has 0 aliphatic carbocycles. The van der Waals surface area contributed by atoms with Crippen LogP contribution in [0.5, 0.6) is 0 Å². The van der Waals surface area contributed by atoms with E-state index in [0.29, 0.717) is 29.0 Å². The summed E-state index contributed by atoms with van der Waals surface area (Å²) in [4.78, 5) is 25.7. The highest BCUT2D eigenvalue weighted by molar-refractivity contribution is 5.79. The number of aromatic nitrogens is 6. The quantitative estimate of drug-likeness (QED) is 0.560. The molecule has 0 radical (unpaired) electrons. The normalized spacial score (nSPS) is 17.3. The first kappa shape index (κ1) is 15.2. The van der Waals surface area contributed by atoms with Gasteiger partial charge in [-0.25, -0.2) is 4.98 Å². The van der Waals surface area contributed by atoms with Crippen LogP contribution in [-0.2, 0) is 11.3 Å². The van der Waals surface area contributed by atoms with Crippen LogP contribution in [-0.4, -0.2) is 41.8 Å². The molecule has 1 saturated heterocycles. The molecule has 26 heavy (non-hydrogen) atoms. The van der Waals surface area contributed by atoms with E-state index in [1.54, 1.807) is 33.9 Å². The smallest absolute Gasteiger partial charge is 0.261 e. The highest BCUT2D eigenvalue weighted by Crippen LogP contribution is 2.18. The summed E-state index contributed by atoms with van der Waals surface area (Å²) in [7, 11) is 0. The van der Waals surface area contributed by atoms with Crippen LogP contribution in [0.4, 0.5) is 0 Å². The number of ether oxygens (including phenoxy) is 1. The van der Waals surface area contributed by atoms with Crippen molar-refractivity contribution in [1.29, 1.82) is 0 Å². The predicted molar refractivity (Wildman–Crippen MR) is 94.8 cm³/mol. The third kappa shape index (κ3) is 2.46. The fourth-order valence-electron chi connectivity index (χ4n) is 3.33. The number of pyridine rings is 2.